The number of esters is 1. The normalized spacial score (nSPS) is 11.2. The van der Waals surface area contributed by atoms with E-state index in [-0.39, 0.29) is 11.5 Å². The molecule has 1 aliphatic heterocycles. The highest BCUT2D eigenvalue weighted by molar-refractivity contribution is 7.99. The van der Waals surface area contributed by atoms with E-state index in [1.807, 2.05) is 54.6 Å². The molecular formula is C23H18N2O3S. The van der Waals surface area contributed by atoms with Crippen LogP contribution in [-0.4, -0.2) is 18.3 Å². The standard InChI is InChI=1S/C23H18N2O3S/c1-15(2)23(26)27-10-5-11-29-17-8-9-19-21(12-17)28-20-7-4-3-6-18(20)22(19)16(13-24)14-25/h3-4,6-9,12H,1,5,10-11H2,2H3. The van der Waals surface area contributed by atoms with Gasteiger partial charge in [-0.05, 0) is 37.6 Å². The van der Waals surface area contributed by atoms with Gasteiger partial charge in [-0.25, -0.2) is 4.79 Å². The Hall–Kier alpha value is -3.48. The molecule has 0 aromatic heterocycles. The second-order valence-corrected chi connectivity index (χ2v) is 7.52. The van der Waals surface area contributed by atoms with Crippen LogP contribution >= 0.6 is 11.8 Å². The Bertz CT molecular complexity index is 1070. The van der Waals surface area contributed by atoms with Gasteiger partial charge in [-0.3, -0.25) is 0 Å². The molecule has 0 N–H and O–H groups in total. The van der Waals surface area contributed by atoms with Gasteiger partial charge in [-0.15, -0.1) is 11.8 Å². The molecule has 1 heterocycles. The molecule has 0 atom stereocenters. The number of hydrogen-bond acceptors (Lipinski definition) is 6. The van der Waals surface area contributed by atoms with Crippen molar-refractivity contribution in [3.63, 3.8) is 0 Å². The molecule has 5 nitrogen and oxygen atoms in total. The van der Waals surface area contributed by atoms with Crippen molar-refractivity contribution in [1.29, 1.82) is 10.5 Å². The van der Waals surface area contributed by atoms with Crippen LogP contribution in [0.4, 0.5) is 0 Å². The fourth-order valence-electron chi connectivity index (χ4n) is 2.85. The van der Waals surface area contributed by atoms with E-state index in [9.17, 15) is 15.3 Å². The highest BCUT2D eigenvalue weighted by atomic mass is 32.2. The van der Waals surface area contributed by atoms with Crippen molar-refractivity contribution >= 4 is 23.3 Å². The zero-order valence-corrected chi connectivity index (χ0v) is 16.7. The van der Waals surface area contributed by atoms with E-state index < -0.39 is 0 Å². The summed E-state index contributed by atoms with van der Waals surface area (Å²) in [6, 6.07) is 17.1. The maximum Gasteiger partial charge on any atom is 0.333 e. The molecule has 0 radical (unpaired) electrons. The van der Waals surface area contributed by atoms with Gasteiger partial charge in [0.05, 0.1) is 6.61 Å². The first kappa shape index (κ1) is 20.3. The average molecular weight is 402 g/mol. The first-order chi connectivity index (χ1) is 14.0. The Morgan fingerprint density at radius 1 is 1.14 bits per heavy atom. The van der Waals surface area contributed by atoms with Gasteiger partial charge >= 0.3 is 5.97 Å². The molecule has 0 saturated heterocycles. The molecule has 0 amide bonds. The van der Waals surface area contributed by atoms with Gasteiger partial charge in [0.25, 0.3) is 0 Å². The summed E-state index contributed by atoms with van der Waals surface area (Å²) in [4.78, 5) is 12.4. The monoisotopic (exact) mass is 402 g/mol. The number of nitriles is 2. The summed E-state index contributed by atoms with van der Waals surface area (Å²) >= 11 is 1.62. The molecule has 0 fully saturated rings. The summed E-state index contributed by atoms with van der Waals surface area (Å²) in [5.41, 5.74) is 2.50. The SMILES string of the molecule is C=C(C)C(=O)OCCCSc1ccc2c(c1)Oc1ccccc1C2=C(C#N)C#N. The lowest BCUT2D eigenvalue weighted by atomic mass is 9.90. The number of carbonyl (C=O) groups is 1. The van der Waals surface area contributed by atoms with Gasteiger partial charge in [-0.2, -0.15) is 10.5 Å². The van der Waals surface area contributed by atoms with Gasteiger partial charge in [0.2, 0.25) is 0 Å². The zero-order valence-electron chi connectivity index (χ0n) is 15.9. The van der Waals surface area contributed by atoms with E-state index >= 15 is 0 Å². The molecule has 0 saturated carbocycles. The third kappa shape index (κ3) is 4.51. The van der Waals surface area contributed by atoms with Crippen molar-refractivity contribution in [2.24, 2.45) is 0 Å². The lowest BCUT2D eigenvalue weighted by Crippen LogP contribution is -2.06. The molecule has 3 rings (SSSR count). The molecule has 144 valence electrons. The van der Waals surface area contributed by atoms with Crippen LogP contribution in [0, 0.1) is 22.7 Å². The van der Waals surface area contributed by atoms with Gasteiger partial charge in [0, 0.05) is 32.9 Å². The minimum atomic E-state index is -0.374. The van der Waals surface area contributed by atoms with Crippen LogP contribution in [-0.2, 0) is 9.53 Å². The number of ether oxygens (including phenoxy) is 2. The number of rotatable bonds is 6. The second-order valence-electron chi connectivity index (χ2n) is 6.35. The van der Waals surface area contributed by atoms with Gasteiger partial charge in [0.1, 0.15) is 29.2 Å². The molecule has 0 spiro atoms. The summed E-state index contributed by atoms with van der Waals surface area (Å²) in [7, 11) is 0. The number of fused-ring (bicyclic) bond motifs is 2. The Morgan fingerprint density at radius 2 is 1.86 bits per heavy atom. The predicted octanol–water partition coefficient (Wildman–Crippen LogP) is 5.24. The van der Waals surface area contributed by atoms with Crippen molar-refractivity contribution in [3.8, 4) is 23.6 Å². The first-order valence-electron chi connectivity index (χ1n) is 8.96. The molecule has 0 aliphatic carbocycles. The van der Waals surface area contributed by atoms with E-state index in [1.54, 1.807) is 18.7 Å². The van der Waals surface area contributed by atoms with Crippen LogP contribution in [0.2, 0.25) is 0 Å². The highest BCUT2D eigenvalue weighted by Gasteiger charge is 2.25. The fraction of sp³-hybridized carbons (Fsp3) is 0.174. The van der Waals surface area contributed by atoms with Crippen LogP contribution < -0.4 is 4.74 Å². The largest absolute Gasteiger partial charge is 0.462 e. The number of thioether (sulfide) groups is 1. The van der Waals surface area contributed by atoms with Crippen molar-refractivity contribution in [3.05, 3.63) is 71.3 Å². The van der Waals surface area contributed by atoms with Gasteiger partial charge in [-0.1, -0.05) is 24.8 Å². The molecule has 6 heteroatoms. The van der Waals surface area contributed by atoms with Gasteiger partial charge in [0.15, 0.2) is 0 Å². The Balaban J connectivity index is 1.77. The third-order valence-corrected chi connectivity index (χ3v) is 5.29. The van der Waals surface area contributed by atoms with Crippen LogP contribution in [0.3, 0.4) is 0 Å². The van der Waals surface area contributed by atoms with Crippen LogP contribution in [0.5, 0.6) is 11.5 Å². The molecular weight excluding hydrogens is 384 g/mol. The minimum Gasteiger partial charge on any atom is -0.462 e. The van der Waals surface area contributed by atoms with E-state index in [4.69, 9.17) is 9.47 Å². The van der Waals surface area contributed by atoms with E-state index in [0.717, 1.165) is 21.8 Å². The molecule has 29 heavy (non-hydrogen) atoms. The second kappa shape index (κ2) is 9.14. The van der Waals surface area contributed by atoms with Crippen LogP contribution in [0.15, 0.2) is 65.1 Å². The van der Waals surface area contributed by atoms with Crippen LogP contribution in [0.25, 0.3) is 5.57 Å². The number of hydrogen-bond donors (Lipinski definition) is 0. The number of carbonyl (C=O) groups excluding carboxylic acids is 1. The first-order valence-corrected chi connectivity index (χ1v) is 9.95. The number of benzene rings is 2. The summed E-state index contributed by atoms with van der Waals surface area (Å²) in [6.45, 7) is 5.51. The molecule has 2 aromatic rings. The Morgan fingerprint density at radius 3 is 2.59 bits per heavy atom. The van der Waals surface area contributed by atoms with E-state index in [1.165, 1.54) is 0 Å². The fourth-order valence-corrected chi connectivity index (χ4v) is 3.70. The van der Waals surface area contributed by atoms with Gasteiger partial charge < -0.3 is 9.47 Å². The predicted molar refractivity (Wildman–Crippen MR) is 111 cm³/mol. The van der Waals surface area contributed by atoms with Crippen molar-refractivity contribution in [2.75, 3.05) is 12.4 Å². The summed E-state index contributed by atoms with van der Waals surface area (Å²) in [5.74, 6) is 1.62. The lowest BCUT2D eigenvalue weighted by Gasteiger charge is -2.23. The molecule has 0 unspecified atom stereocenters. The summed E-state index contributed by atoms with van der Waals surface area (Å²) < 4.78 is 11.1. The summed E-state index contributed by atoms with van der Waals surface area (Å²) in [6.07, 6.45) is 0.711. The van der Waals surface area contributed by atoms with Crippen molar-refractivity contribution in [2.45, 2.75) is 18.2 Å². The number of nitrogens with zero attached hydrogens (tertiary/aromatic N) is 2. The van der Waals surface area contributed by atoms with Crippen molar-refractivity contribution in [1.82, 2.24) is 0 Å². The molecule has 0 bridgehead atoms. The smallest absolute Gasteiger partial charge is 0.333 e. The van der Waals surface area contributed by atoms with E-state index in [2.05, 4.69) is 6.58 Å². The van der Waals surface area contributed by atoms with E-state index in [0.29, 0.717) is 35.7 Å². The topological polar surface area (TPSA) is 83.1 Å². The minimum absolute atomic E-state index is 0.0572. The Kier molecular flexibility index (Phi) is 6.39. The Labute approximate surface area is 173 Å². The average Bonchev–Trinajstić information content (AvgIpc) is 2.73. The quantitative estimate of drug-likeness (QED) is 0.184. The molecule has 1 aliphatic rings. The van der Waals surface area contributed by atoms with Crippen LogP contribution in [0.1, 0.15) is 24.5 Å². The maximum absolute atomic E-state index is 11.4. The zero-order chi connectivity index (χ0) is 20.8. The lowest BCUT2D eigenvalue weighted by molar-refractivity contribution is -0.138. The maximum atomic E-state index is 11.4. The third-order valence-electron chi connectivity index (χ3n) is 4.21. The number of para-hydroxylation sites is 1. The van der Waals surface area contributed by atoms with Crippen molar-refractivity contribution < 1.29 is 14.3 Å². The summed E-state index contributed by atoms with van der Waals surface area (Å²) in [5, 5.41) is 18.8. The number of allylic oxidation sites excluding steroid dienone is 1. The molecule has 2 aromatic carbocycles. The highest BCUT2D eigenvalue weighted by Crippen LogP contribution is 2.45.